The molecule has 1 N–H and O–H groups in total. The predicted octanol–water partition coefficient (Wildman–Crippen LogP) is 4.08. The van der Waals surface area contributed by atoms with Crippen LogP contribution in [0.25, 0.3) is 0 Å². The zero-order valence-electron chi connectivity index (χ0n) is 8.23. The van der Waals surface area contributed by atoms with Crippen molar-refractivity contribution >= 4 is 40.7 Å². The average Bonchev–Trinajstić information content (AvgIpc) is 2.14. The molecule has 0 unspecified atom stereocenters. The van der Waals surface area contributed by atoms with E-state index in [1.54, 1.807) is 11.8 Å². The Morgan fingerprint density at radius 2 is 2.00 bits per heavy atom. The van der Waals surface area contributed by atoms with Gasteiger partial charge in [0.05, 0.1) is 10.7 Å². The summed E-state index contributed by atoms with van der Waals surface area (Å²) in [4.78, 5) is 0. The van der Waals surface area contributed by atoms with Crippen molar-refractivity contribution in [2.24, 2.45) is 0 Å². The highest BCUT2D eigenvalue weighted by Crippen LogP contribution is 2.28. The molecular weight excluding hydrogens is 237 g/mol. The summed E-state index contributed by atoms with van der Waals surface area (Å²) in [5.41, 5.74) is 1.92. The monoisotopic (exact) mass is 249 g/mol. The number of thioether (sulfide) groups is 1. The molecule has 0 saturated carbocycles. The molecule has 0 bridgehead atoms. The molecule has 0 heterocycles. The minimum Gasteiger partial charge on any atom is -0.383 e. The van der Waals surface area contributed by atoms with Crippen LogP contribution >= 0.6 is 35.0 Å². The maximum Gasteiger partial charge on any atom is 0.0641 e. The first-order valence-corrected chi connectivity index (χ1v) is 6.48. The summed E-state index contributed by atoms with van der Waals surface area (Å²) < 4.78 is 0. The van der Waals surface area contributed by atoms with Crippen LogP contribution in [0.3, 0.4) is 0 Å². The van der Waals surface area contributed by atoms with Crippen LogP contribution in [0.15, 0.2) is 12.1 Å². The van der Waals surface area contributed by atoms with Crippen molar-refractivity contribution in [2.45, 2.75) is 6.92 Å². The number of benzene rings is 1. The minimum atomic E-state index is 0.730. The van der Waals surface area contributed by atoms with Gasteiger partial charge >= 0.3 is 0 Å². The van der Waals surface area contributed by atoms with E-state index in [0.29, 0.717) is 0 Å². The Bertz CT molecular complexity index is 315. The van der Waals surface area contributed by atoms with Crippen LogP contribution in [0.5, 0.6) is 0 Å². The molecule has 0 spiro atoms. The molecule has 78 valence electrons. The Balaban J connectivity index is 2.72. The van der Waals surface area contributed by atoms with Crippen LogP contribution < -0.4 is 5.32 Å². The van der Waals surface area contributed by atoms with E-state index in [2.05, 4.69) is 11.6 Å². The van der Waals surface area contributed by atoms with Crippen molar-refractivity contribution in [3.05, 3.63) is 27.7 Å². The average molecular weight is 250 g/mol. The fourth-order valence-corrected chi connectivity index (χ4v) is 1.82. The lowest BCUT2D eigenvalue weighted by Gasteiger charge is -2.09. The molecule has 0 atom stereocenters. The Morgan fingerprint density at radius 3 is 2.64 bits per heavy atom. The molecule has 4 heteroatoms. The van der Waals surface area contributed by atoms with Crippen LogP contribution in [0, 0.1) is 6.92 Å². The van der Waals surface area contributed by atoms with E-state index < -0.39 is 0 Å². The number of anilines is 1. The smallest absolute Gasteiger partial charge is 0.0641 e. The number of hydrogen-bond donors (Lipinski definition) is 1. The molecule has 0 saturated heterocycles. The molecule has 0 aromatic heterocycles. The second kappa shape index (κ2) is 5.74. The summed E-state index contributed by atoms with van der Waals surface area (Å²) in [6.45, 7) is 2.85. The van der Waals surface area contributed by atoms with Crippen molar-refractivity contribution in [3.63, 3.8) is 0 Å². The largest absolute Gasteiger partial charge is 0.383 e. The molecule has 0 aliphatic rings. The molecule has 0 aliphatic carbocycles. The zero-order valence-corrected chi connectivity index (χ0v) is 10.6. The van der Waals surface area contributed by atoms with E-state index in [4.69, 9.17) is 23.2 Å². The molecule has 1 aromatic carbocycles. The number of rotatable bonds is 4. The van der Waals surface area contributed by atoms with Gasteiger partial charge in [0.15, 0.2) is 0 Å². The van der Waals surface area contributed by atoms with Gasteiger partial charge in [-0.05, 0) is 30.9 Å². The summed E-state index contributed by atoms with van der Waals surface area (Å²) in [6.07, 6.45) is 2.07. The third kappa shape index (κ3) is 3.26. The maximum atomic E-state index is 6.05. The van der Waals surface area contributed by atoms with E-state index in [9.17, 15) is 0 Å². The predicted molar refractivity (Wildman–Crippen MR) is 68.1 cm³/mol. The first kappa shape index (κ1) is 12.0. The van der Waals surface area contributed by atoms with Crippen molar-refractivity contribution < 1.29 is 0 Å². The molecule has 1 rings (SSSR count). The van der Waals surface area contributed by atoms with Crippen molar-refractivity contribution in [1.29, 1.82) is 0 Å². The van der Waals surface area contributed by atoms with Gasteiger partial charge in [0.1, 0.15) is 0 Å². The van der Waals surface area contributed by atoms with Gasteiger partial charge in [-0.1, -0.05) is 23.2 Å². The molecule has 0 amide bonds. The van der Waals surface area contributed by atoms with Gasteiger partial charge in [-0.2, -0.15) is 11.8 Å². The van der Waals surface area contributed by atoms with E-state index >= 15 is 0 Å². The molecule has 0 radical (unpaired) electrons. The summed E-state index contributed by atoms with van der Waals surface area (Å²) in [5, 5.41) is 4.73. The van der Waals surface area contributed by atoms with Gasteiger partial charge < -0.3 is 5.32 Å². The third-order valence-corrected chi connectivity index (χ3v) is 3.20. The van der Waals surface area contributed by atoms with Crippen molar-refractivity contribution in [3.8, 4) is 0 Å². The Kier molecular flexibility index (Phi) is 4.93. The molecule has 1 aromatic rings. The second-order valence-corrected chi connectivity index (χ2v) is 4.80. The SMILES string of the molecule is CSCCNc1cc(Cl)c(C)cc1Cl. The second-order valence-electron chi connectivity index (χ2n) is 3.00. The minimum absolute atomic E-state index is 0.730. The number of aryl methyl sites for hydroxylation is 1. The number of hydrogen-bond acceptors (Lipinski definition) is 2. The Hall–Kier alpha value is -0.0500. The maximum absolute atomic E-state index is 6.05. The molecular formula is C10H13Cl2NS. The van der Waals surface area contributed by atoms with E-state index in [0.717, 1.165) is 33.6 Å². The summed E-state index contributed by atoms with van der Waals surface area (Å²) in [5.74, 6) is 1.06. The Labute approximate surface area is 99.2 Å². The lowest BCUT2D eigenvalue weighted by molar-refractivity contribution is 1.23. The summed E-state index contributed by atoms with van der Waals surface area (Å²) >= 11 is 13.8. The number of nitrogens with one attached hydrogen (secondary N) is 1. The van der Waals surface area contributed by atoms with Gasteiger partial charge in [0.25, 0.3) is 0 Å². The third-order valence-electron chi connectivity index (χ3n) is 1.87. The fourth-order valence-electron chi connectivity index (χ4n) is 1.07. The van der Waals surface area contributed by atoms with Gasteiger partial charge in [0, 0.05) is 17.3 Å². The van der Waals surface area contributed by atoms with E-state index in [1.807, 2.05) is 19.1 Å². The van der Waals surface area contributed by atoms with E-state index in [-0.39, 0.29) is 0 Å². The molecule has 0 fully saturated rings. The van der Waals surface area contributed by atoms with Crippen LogP contribution in [0.2, 0.25) is 10.0 Å². The van der Waals surface area contributed by atoms with Gasteiger partial charge in [-0.25, -0.2) is 0 Å². The van der Waals surface area contributed by atoms with Crippen molar-refractivity contribution in [1.82, 2.24) is 0 Å². The Morgan fingerprint density at radius 1 is 1.29 bits per heavy atom. The van der Waals surface area contributed by atoms with Gasteiger partial charge in [0.2, 0.25) is 0 Å². The molecule has 1 nitrogen and oxygen atoms in total. The first-order valence-electron chi connectivity index (χ1n) is 4.33. The highest BCUT2D eigenvalue weighted by molar-refractivity contribution is 7.98. The normalized spacial score (nSPS) is 10.3. The lowest BCUT2D eigenvalue weighted by atomic mass is 10.2. The highest BCUT2D eigenvalue weighted by Gasteiger charge is 2.03. The summed E-state index contributed by atoms with van der Waals surface area (Å²) in [6, 6.07) is 3.75. The van der Waals surface area contributed by atoms with Crippen molar-refractivity contribution in [2.75, 3.05) is 23.9 Å². The van der Waals surface area contributed by atoms with Crippen LogP contribution in [0.4, 0.5) is 5.69 Å². The first-order chi connectivity index (χ1) is 6.65. The fraction of sp³-hybridized carbons (Fsp3) is 0.400. The van der Waals surface area contributed by atoms with Crippen LogP contribution in [-0.2, 0) is 0 Å². The van der Waals surface area contributed by atoms with Gasteiger partial charge in [-0.15, -0.1) is 0 Å². The highest BCUT2D eigenvalue weighted by atomic mass is 35.5. The standard InChI is InChI=1S/C10H13Cl2NS/c1-7-5-9(12)10(6-8(7)11)13-3-4-14-2/h5-6,13H,3-4H2,1-2H3. The lowest BCUT2D eigenvalue weighted by Crippen LogP contribution is -2.04. The van der Waals surface area contributed by atoms with E-state index in [1.165, 1.54) is 0 Å². The zero-order chi connectivity index (χ0) is 10.6. The molecule has 14 heavy (non-hydrogen) atoms. The molecule has 0 aliphatic heterocycles. The topological polar surface area (TPSA) is 12.0 Å². The van der Waals surface area contributed by atoms with Crippen LogP contribution in [0.1, 0.15) is 5.56 Å². The van der Waals surface area contributed by atoms with Crippen LogP contribution in [-0.4, -0.2) is 18.6 Å². The summed E-state index contributed by atoms with van der Waals surface area (Å²) in [7, 11) is 0. The number of halogens is 2. The van der Waals surface area contributed by atoms with Gasteiger partial charge in [-0.3, -0.25) is 0 Å². The quantitative estimate of drug-likeness (QED) is 0.808.